The van der Waals surface area contributed by atoms with Crippen molar-refractivity contribution in [2.75, 3.05) is 19.6 Å². The molecule has 17 heavy (non-hydrogen) atoms. The molecule has 3 rings (SSSR count). The summed E-state index contributed by atoms with van der Waals surface area (Å²) in [6.07, 6.45) is 1.80. The van der Waals surface area contributed by atoms with Crippen LogP contribution in [-0.4, -0.2) is 41.4 Å². The highest BCUT2D eigenvalue weighted by Crippen LogP contribution is 2.26. The second-order valence-electron chi connectivity index (χ2n) is 4.72. The molecule has 0 saturated carbocycles. The van der Waals surface area contributed by atoms with Gasteiger partial charge in [0.15, 0.2) is 0 Å². The average molecular weight is 315 g/mol. The maximum Gasteiger partial charge on any atom is 0.222 e. The van der Waals surface area contributed by atoms with E-state index in [1.54, 1.807) is 11.3 Å². The molecule has 2 saturated heterocycles. The van der Waals surface area contributed by atoms with Crippen molar-refractivity contribution in [1.29, 1.82) is 0 Å². The van der Waals surface area contributed by atoms with E-state index in [1.165, 1.54) is 8.66 Å². The number of rotatable bonds is 2. The molecule has 3 nitrogen and oxygen atoms in total. The van der Waals surface area contributed by atoms with Gasteiger partial charge >= 0.3 is 0 Å². The molecule has 2 aliphatic heterocycles. The summed E-state index contributed by atoms with van der Waals surface area (Å²) in [4.78, 5) is 17.5. The van der Waals surface area contributed by atoms with Crippen LogP contribution in [0.4, 0.5) is 0 Å². The molecule has 1 aromatic rings. The maximum atomic E-state index is 11.6. The van der Waals surface area contributed by atoms with Crippen LogP contribution in [0.1, 0.15) is 17.7 Å². The number of thiophene rings is 1. The minimum absolute atomic E-state index is 0.355. The summed E-state index contributed by atoms with van der Waals surface area (Å²) in [5.74, 6) is 0.355. The summed E-state index contributed by atoms with van der Waals surface area (Å²) >= 11 is 5.30. The molecule has 92 valence electrons. The van der Waals surface area contributed by atoms with Crippen LogP contribution >= 0.6 is 27.3 Å². The zero-order valence-electron chi connectivity index (χ0n) is 9.56. The van der Waals surface area contributed by atoms with Crippen molar-refractivity contribution in [3.8, 4) is 0 Å². The van der Waals surface area contributed by atoms with Gasteiger partial charge in [-0.2, -0.15) is 0 Å². The van der Waals surface area contributed by atoms with Crippen molar-refractivity contribution < 1.29 is 4.79 Å². The fourth-order valence-electron chi connectivity index (χ4n) is 2.73. The van der Waals surface area contributed by atoms with Crippen molar-refractivity contribution in [3.05, 3.63) is 20.8 Å². The maximum absolute atomic E-state index is 11.6. The van der Waals surface area contributed by atoms with Gasteiger partial charge in [0.05, 0.1) is 3.79 Å². The lowest BCUT2D eigenvalue weighted by Crippen LogP contribution is -2.50. The Morgan fingerprint density at radius 2 is 2.29 bits per heavy atom. The number of halogens is 1. The highest BCUT2D eigenvalue weighted by Gasteiger charge is 2.35. The van der Waals surface area contributed by atoms with Crippen LogP contribution in [0.25, 0.3) is 0 Å². The molecule has 5 heteroatoms. The van der Waals surface area contributed by atoms with Gasteiger partial charge in [-0.05, 0) is 34.5 Å². The predicted molar refractivity (Wildman–Crippen MR) is 72.0 cm³/mol. The minimum Gasteiger partial charge on any atom is -0.337 e. The van der Waals surface area contributed by atoms with E-state index in [9.17, 15) is 4.79 Å². The lowest BCUT2D eigenvalue weighted by molar-refractivity contribution is -0.130. The van der Waals surface area contributed by atoms with Gasteiger partial charge in [-0.25, -0.2) is 0 Å². The van der Waals surface area contributed by atoms with E-state index < -0.39 is 0 Å². The number of hydrogen-bond acceptors (Lipinski definition) is 3. The Hall–Kier alpha value is -0.390. The van der Waals surface area contributed by atoms with E-state index in [4.69, 9.17) is 0 Å². The van der Waals surface area contributed by atoms with Crippen LogP contribution in [0.2, 0.25) is 0 Å². The monoisotopic (exact) mass is 314 g/mol. The number of amides is 1. The smallest absolute Gasteiger partial charge is 0.222 e. The fraction of sp³-hybridized carbons (Fsp3) is 0.583. The number of carbonyl (C=O) groups is 1. The molecule has 0 aliphatic carbocycles. The van der Waals surface area contributed by atoms with Crippen LogP contribution in [0.15, 0.2) is 15.9 Å². The van der Waals surface area contributed by atoms with Crippen molar-refractivity contribution in [3.63, 3.8) is 0 Å². The number of nitrogens with zero attached hydrogens (tertiary/aromatic N) is 2. The van der Waals surface area contributed by atoms with E-state index in [0.717, 1.165) is 39.0 Å². The standard InChI is InChI=1S/C12H15BrN2OS/c13-11-3-2-10(17-11)8-14-5-6-15-9(7-14)1-4-12(15)16/h2-3,9H,1,4-8H2. The van der Waals surface area contributed by atoms with Crippen molar-refractivity contribution in [1.82, 2.24) is 9.80 Å². The zero-order valence-corrected chi connectivity index (χ0v) is 12.0. The van der Waals surface area contributed by atoms with Gasteiger partial charge in [-0.1, -0.05) is 0 Å². The van der Waals surface area contributed by atoms with Crippen molar-refractivity contribution >= 4 is 33.2 Å². The van der Waals surface area contributed by atoms with Gasteiger partial charge in [0.25, 0.3) is 0 Å². The van der Waals surface area contributed by atoms with Crippen LogP contribution < -0.4 is 0 Å². The average Bonchev–Trinajstić information content (AvgIpc) is 2.87. The van der Waals surface area contributed by atoms with E-state index in [-0.39, 0.29) is 0 Å². The molecule has 3 heterocycles. The van der Waals surface area contributed by atoms with E-state index in [0.29, 0.717) is 11.9 Å². The van der Waals surface area contributed by atoms with Crippen LogP contribution in [-0.2, 0) is 11.3 Å². The highest BCUT2D eigenvalue weighted by molar-refractivity contribution is 9.11. The quantitative estimate of drug-likeness (QED) is 0.836. The number of piperazine rings is 1. The number of hydrogen-bond donors (Lipinski definition) is 0. The van der Waals surface area contributed by atoms with Crippen molar-refractivity contribution in [2.24, 2.45) is 0 Å². The molecule has 0 radical (unpaired) electrons. The fourth-order valence-corrected chi connectivity index (χ4v) is 4.26. The second-order valence-corrected chi connectivity index (χ2v) is 7.27. The highest BCUT2D eigenvalue weighted by atomic mass is 79.9. The normalized spacial score (nSPS) is 25.4. The first-order valence-electron chi connectivity index (χ1n) is 5.98. The first-order chi connectivity index (χ1) is 8.22. The lowest BCUT2D eigenvalue weighted by Gasteiger charge is -2.37. The predicted octanol–water partition coefficient (Wildman–Crippen LogP) is 2.32. The molecule has 1 amide bonds. The van der Waals surface area contributed by atoms with Gasteiger partial charge in [0.1, 0.15) is 0 Å². The first-order valence-corrected chi connectivity index (χ1v) is 7.59. The Labute approximate surface area is 114 Å². The summed E-state index contributed by atoms with van der Waals surface area (Å²) in [6, 6.07) is 4.76. The van der Waals surface area contributed by atoms with Gasteiger partial charge in [-0.3, -0.25) is 9.69 Å². The summed E-state index contributed by atoms with van der Waals surface area (Å²) in [5.41, 5.74) is 0. The van der Waals surface area contributed by atoms with E-state index in [1.807, 2.05) is 0 Å². The van der Waals surface area contributed by atoms with Gasteiger partial charge < -0.3 is 4.90 Å². The third-order valence-corrected chi connectivity index (χ3v) is 5.20. The van der Waals surface area contributed by atoms with Gasteiger partial charge in [-0.15, -0.1) is 11.3 Å². The molecule has 1 atom stereocenters. The van der Waals surface area contributed by atoms with Crippen LogP contribution in [0.5, 0.6) is 0 Å². The molecule has 0 spiro atoms. The molecular weight excluding hydrogens is 300 g/mol. The molecule has 1 aromatic heterocycles. The first kappa shape index (κ1) is 11.7. The SMILES string of the molecule is O=C1CCC2CN(Cc3ccc(Br)s3)CCN12. The Morgan fingerprint density at radius 3 is 3.06 bits per heavy atom. The van der Waals surface area contributed by atoms with Crippen molar-refractivity contribution in [2.45, 2.75) is 25.4 Å². The summed E-state index contributed by atoms with van der Waals surface area (Å²) < 4.78 is 1.20. The summed E-state index contributed by atoms with van der Waals surface area (Å²) in [6.45, 7) is 3.99. The topological polar surface area (TPSA) is 23.6 Å². The van der Waals surface area contributed by atoms with E-state index >= 15 is 0 Å². The zero-order chi connectivity index (χ0) is 11.8. The third-order valence-electron chi connectivity index (χ3n) is 3.59. The number of fused-ring (bicyclic) bond motifs is 1. The Bertz CT molecular complexity index is 434. The summed E-state index contributed by atoms with van der Waals surface area (Å²) in [7, 11) is 0. The third kappa shape index (κ3) is 2.41. The molecule has 0 bridgehead atoms. The van der Waals surface area contributed by atoms with Gasteiger partial charge in [0, 0.05) is 43.5 Å². The molecular formula is C12H15BrN2OS. The molecule has 2 aliphatic rings. The molecule has 0 aromatic carbocycles. The molecule has 2 fully saturated rings. The summed E-state index contributed by atoms with van der Waals surface area (Å²) in [5, 5.41) is 0. The largest absolute Gasteiger partial charge is 0.337 e. The van der Waals surface area contributed by atoms with Crippen LogP contribution in [0.3, 0.4) is 0 Å². The Balaban J connectivity index is 1.62. The minimum atomic E-state index is 0.355. The molecule has 1 unspecified atom stereocenters. The molecule has 0 N–H and O–H groups in total. The Morgan fingerprint density at radius 1 is 1.41 bits per heavy atom. The van der Waals surface area contributed by atoms with Gasteiger partial charge in [0.2, 0.25) is 5.91 Å². The van der Waals surface area contributed by atoms with E-state index in [2.05, 4.69) is 37.9 Å². The second kappa shape index (κ2) is 4.71. The number of carbonyl (C=O) groups excluding carboxylic acids is 1. The lowest BCUT2D eigenvalue weighted by atomic mass is 10.1. The van der Waals surface area contributed by atoms with Crippen LogP contribution in [0, 0.1) is 0 Å². The Kier molecular flexibility index (Phi) is 3.23.